The van der Waals surface area contributed by atoms with E-state index in [0.717, 1.165) is 15.4 Å². The number of hydrogen-bond donors (Lipinski definition) is 3. The first-order valence-corrected chi connectivity index (χ1v) is 14.8. The SMILES string of the molecule is COc1cc(Nc2nc3ccccc3nc2N(c2cccc(NC(=O)CNCc3cc(F)ccc3C)c2)S(=O)[O-])cc(OC)c1. The van der Waals surface area contributed by atoms with E-state index in [9.17, 15) is 17.9 Å². The van der Waals surface area contributed by atoms with Gasteiger partial charge in [-0.2, -0.15) is 0 Å². The third-order valence-corrected chi connectivity index (χ3v) is 7.47. The maximum absolute atomic E-state index is 13.6. The molecule has 0 bridgehead atoms. The van der Waals surface area contributed by atoms with E-state index >= 15 is 0 Å². The number of hydrogen-bond acceptors (Lipinski definition) is 9. The lowest BCUT2D eigenvalue weighted by molar-refractivity contribution is -0.115. The topological polar surface area (TPSA) is 141 Å². The van der Waals surface area contributed by atoms with Crippen LogP contribution in [0.1, 0.15) is 11.1 Å². The highest BCUT2D eigenvalue weighted by Crippen LogP contribution is 2.36. The molecule has 232 valence electrons. The fourth-order valence-electron chi connectivity index (χ4n) is 4.57. The number of carbonyl (C=O) groups is 1. The van der Waals surface area contributed by atoms with Gasteiger partial charge in [-0.05, 0) is 60.5 Å². The first-order valence-electron chi connectivity index (χ1n) is 13.8. The quantitative estimate of drug-likeness (QED) is 0.153. The molecule has 0 aliphatic heterocycles. The molecule has 0 saturated carbocycles. The number of methoxy groups -OCH3 is 2. The maximum Gasteiger partial charge on any atom is 0.238 e. The molecule has 4 aromatic carbocycles. The Kier molecular flexibility index (Phi) is 9.82. The van der Waals surface area contributed by atoms with E-state index in [1.807, 2.05) is 6.92 Å². The van der Waals surface area contributed by atoms with Gasteiger partial charge in [-0.25, -0.2) is 14.4 Å². The molecule has 5 rings (SSSR count). The van der Waals surface area contributed by atoms with Gasteiger partial charge in [0.1, 0.15) is 17.3 Å². The summed E-state index contributed by atoms with van der Waals surface area (Å²) in [6.45, 7) is 2.11. The fraction of sp³-hybridized carbons (Fsp3) is 0.156. The molecule has 0 radical (unpaired) electrons. The molecule has 45 heavy (non-hydrogen) atoms. The van der Waals surface area contributed by atoms with Crippen molar-refractivity contribution in [2.24, 2.45) is 0 Å². The molecule has 1 unspecified atom stereocenters. The second-order valence-electron chi connectivity index (χ2n) is 9.90. The minimum absolute atomic E-state index is 0.000531. The standard InChI is InChI=1S/C32H31FN6O5S/c1-20-11-12-22(33)13-21(20)18-34-19-30(40)35-23-7-6-8-25(14-23)39(45(41)42)32-31(37-28-9-4-5-10-29(28)38-32)36-24-15-26(43-2)17-27(16-24)44-3/h4-17,34H,18-19H2,1-3H3,(H,35,40)(H,36,37)(H,41,42)/p-1. The van der Waals surface area contributed by atoms with Crippen LogP contribution in [0.2, 0.25) is 0 Å². The van der Waals surface area contributed by atoms with Gasteiger partial charge in [-0.1, -0.05) is 24.3 Å². The molecule has 1 heterocycles. The molecule has 0 spiro atoms. The summed E-state index contributed by atoms with van der Waals surface area (Å²) in [6, 6.07) is 23.0. The lowest BCUT2D eigenvalue weighted by Gasteiger charge is -2.27. The molecule has 11 nitrogen and oxygen atoms in total. The molecule has 1 aromatic heterocycles. The number of amides is 1. The number of aryl methyl sites for hydroxylation is 1. The van der Waals surface area contributed by atoms with Crippen LogP contribution in [0.25, 0.3) is 11.0 Å². The lowest BCUT2D eigenvalue weighted by atomic mass is 10.1. The zero-order valence-corrected chi connectivity index (χ0v) is 25.5. The summed E-state index contributed by atoms with van der Waals surface area (Å²) in [5, 5.41) is 8.93. The molecule has 0 saturated heterocycles. The fourth-order valence-corrected chi connectivity index (χ4v) is 5.12. The van der Waals surface area contributed by atoms with Crippen LogP contribution in [-0.4, -0.2) is 45.4 Å². The van der Waals surface area contributed by atoms with Crippen molar-refractivity contribution in [1.29, 1.82) is 0 Å². The molecular weight excluding hydrogens is 599 g/mol. The van der Waals surface area contributed by atoms with E-state index in [1.165, 1.54) is 32.4 Å². The average molecular weight is 630 g/mol. The van der Waals surface area contributed by atoms with Gasteiger partial charge < -0.3 is 30.0 Å². The number of nitrogens with one attached hydrogen (secondary N) is 3. The van der Waals surface area contributed by atoms with Crippen LogP contribution in [0, 0.1) is 12.7 Å². The third-order valence-electron chi connectivity index (χ3n) is 6.78. The van der Waals surface area contributed by atoms with Crippen molar-refractivity contribution in [3.63, 3.8) is 0 Å². The van der Waals surface area contributed by atoms with E-state index in [0.29, 0.717) is 40.5 Å². The van der Waals surface area contributed by atoms with E-state index in [-0.39, 0.29) is 35.6 Å². The van der Waals surface area contributed by atoms with Crippen molar-refractivity contribution in [2.45, 2.75) is 13.5 Å². The number of aromatic nitrogens is 2. The van der Waals surface area contributed by atoms with Gasteiger partial charge in [0.05, 0.1) is 48.8 Å². The van der Waals surface area contributed by atoms with Crippen LogP contribution in [0.15, 0.2) is 84.9 Å². The van der Waals surface area contributed by atoms with Gasteiger partial charge in [0.15, 0.2) is 11.6 Å². The summed E-state index contributed by atoms with van der Waals surface area (Å²) in [5.74, 6) is 0.465. The number of fused-ring (bicyclic) bond motifs is 1. The molecule has 13 heteroatoms. The average Bonchev–Trinajstić information content (AvgIpc) is 3.02. The van der Waals surface area contributed by atoms with Gasteiger partial charge in [0.25, 0.3) is 0 Å². The lowest BCUT2D eigenvalue weighted by Crippen LogP contribution is -2.28. The number of ether oxygens (including phenoxy) is 2. The molecule has 3 N–H and O–H groups in total. The van der Waals surface area contributed by atoms with Crippen LogP contribution in [0.3, 0.4) is 0 Å². The molecule has 0 fully saturated rings. The van der Waals surface area contributed by atoms with Crippen molar-refractivity contribution in [1.82, 2.24) is 15.3 Å². The Hall–Kier alpha value is -5.11. The van der Waals surface area contributed by atoms with Crippen LogP contribution in [-0.2, 0) is 22.6 Å². The van der Waals surface area contributed by atoms with Gasteiger partial charge in [0, 0.05) is 36.1 Å². The van der Waals surface area contributed by atoms with E-state index in [1.54, 1.807) is 66.7 Å². The maximum atomic E-state index is 13.6. The Balaban J connectivity index is 1.42. The van der Waals surface area contributed by atoms with Crippen molar-refractivity contribution in [3.8, 4) is 11.5 Å². The van der Waals surface area contributed by atoms with Crippen molar-refractivity contribution >= 4 is 56.9 Å². The molecular formula is C32H30FN6O5S-. The molecule has 1 amide bonds. The number of benzene rings is 4. The van der Waals surface area contributed by atoms with Crippen LogP contribution >= 0.6 is 0 Å². The monoisotopic (exact) mass is 629 g/mol. The largest absolute Gasteiger partial charge is 0.755 e. The highest BCUT2D eigenvalue weighted by Gasteiger charge is 2.21. The summed E-state index contributed by atoms with van der Waals surface area (Å²) in [6.07, 6.45) is 0. The van der Waals surface area contributed by atoms with Gasteiger partial charge in [-0.15, -0.1) is 0 Å². The predicted octanol–water partition coefficient (Wildman–Crippen LogP) is 5.50. The van der Waals surface area contributed by atoms with Crippen LogP contribution < -0.4 is 29.7 Å². The first-order chi connectivity index (χ1) is 21.7. The second kappa shape index (κ2) is 14.1. The summed E-state index contributed by atoms with van der Waals surface area (Å²) in [4.78, 5) is 22.0. The minimum Gasteiger partial charge on any atom is -0.755 e. The minimum atomic E-state index is -2.84. The Labute approximate surface area is 261 Å². The van der Waals surface area contributed by atoms with E-state index in [2.05, 4.69) is 25.9 Å². The number of halogens is 1. The Morgan fingerprint density at radius 3 is 2.31 bits per heavy atom. The van der Waals surface area contributed by atoms with Crippen molar-refractivity contribution in [3.05, 3.63) is 102 Å². The summed E-state index contributed by atoms with van der Waals surface area (Å²) < 4.78 is 50.9. The third kappa shape index (κ3) is 7.70. The van der Waals surface area contributed by atoms with Crippen molar-refractivity contribution < 1.29 is 27.4 Å². The zero-order valence-electron chi connectivity index (χ0n) is 24.7. The smallest absolute Gasteiger partial charge is 0.238 e. The number of nitrogens with zero attached hydrogens (tertiary/aromatic N) is 3. The summed E-state index contributed by atoms with van der Waals surface area (Å²) in [7, 11) is 3.05. The summed E-state index contributed by atoms with van der Waals surface area (Å²) in [5.41, 5.74) is 3.75. The van der Waals surface area contributed by atoms with E-state index < -0.39 is 11.3 Å². The molecule has 5 aromatic rings. The number of anilines is 5. The van der Waals surface area contributed by atoms with Crippen LogP contribution in [0.4, 0.5) is 33.1 Å². The number of para-hydroxylation sites is 2. The van der Waals surface area contributed by atoms with Gasteiger partial charge in [0.2, 0.25) is 5.91 Å². The number of carbonyl (C=O) groups excluding carboxylic acids is 1. The highest BCUT2D eigenvalue weighted by atomic mass is 32.2. The number of rotatable bonds is 12. The van der Waals surface area contributed by atoms with Crippen molar-refractivity contribution in [2.75, 3.05) is 35.7 Å². The Morgan fingerprint density at radius 2 is 1.62 bits per heavy atom. The van der Waals surface area contributed by atoms with Crippen LogP contribution in [0.5, 0.6) is 11.5 Å². The molecule has 0 aliphatic rings. The van der Waals surface area contributed by atoms with E-state index in [4.69, 9.17) is 9.47 Å². The zero-order chi connectivity index (χ0) is 31.9. The second-order valence-corrected chi connectivity index (χ2v) is 10.7. The summed E-state index contributed by atoms with van der Waals surface area (Å²) >= 11 is -2.84. The predicted molar refractivity (Wildman–Crippen MR) is 171 cm³/mol. The van der Waals surface area contributed by atoms with Gasteiger partial charge >= 0.3 is 0 Å². The molecule has 0 aliphatic carbocycles. The van der Waals surface area contributed by atoms with Gasteiger partial charge in [-0.3, -0.25) is 13.3 Å². The normalized spacial score (nSPS) is 11.6. The highest BCUT2D eigenvalue weighted by molar-refractivity contribution is 7.81. The first kappa shape index (κ1) is 31.3. The Bertz CT molecular complexity index is 1850. The Morgan fingerprint density at radius 1 is 0.911 bits per heavy atom. The molecule has 1 atom stereocenters.